The normalized spacial score (nSPS) is 24.2. The quantitative estimate of drug-likeness (QED) is 0.536. The first-order chi connectivity index (χ1) is 16.3. The number of fused-ring (bicyclic) bond motifs is 3. The van der Waals surface area contributed by atoms with E-state index >= 15 is 0 Å². The van der Waals surface area contributed by atoms with Crippen LogP contribution >= 0.6 is 0 Å². The Morgan fingerprint density at radius 1 is 0.939 bits per heavy atom. The summed E-state index contributed by atoms with van der Waals surface area (Å²) < 4.78 is 5.63. The Morgan fingerprint density at radius 2 is 1.58 bits per heavy atom. The van der Waals surface area contributed by atoms with Gasteiger partial charge in [-0.1, -0.05) is 66.7 Å². The molecule has 3 aromatic carbocycles. The zero-order valence-electron chi connectivity index (χ0n) is 19.4. The second-order valence-electron chi connectivity index (χ2n) is 9.37. The fourth-order valence-electron chi connectivity index (χ4n) is 5.99. The smallest absolute Gasteiger partial charge is 0.123 e. The van der Waals surface area contributed by atoms with E-state index in [4.69, 9.17) is 4.74 Å². The minimum atomic E-state index is 0.0452. The summed E-state index contributed by atoms with van der Waals surface area (Å²) in [4.78, 5) is 2.71. The highest BCUT2D eigenvalue weighted by Gasteiger charge is 2.46. The Morgan fingerprint density at radius 3 is 2.15 bits per heavy atom. The van der Waals surface area contributed by atoms with Crippen molar-refractivity contribution in [3.63, 3.8) is 0 Å². The van der Waals surface area contributed by atoms with Crippen LogP contribution in [-0.2, 0) is 13.2 Å². The predicted molar refractivity (Wildman–Crippen MR) is 132 cm³/mol. The highest BCUT2D eigenvalue weighted by molar-refractivity contribution is 5.38. The number of hydrogen-bond donors (Lipinski definition) is 2. The summed E-state index contributed by atoms with van der Waals surface area (Å²) in [7, 11) is 1.72. The Hall–Kier alpha value is -2.66. The summed E-state index contributed by atoms with van der Waals surface area (Å²) >= 11 is 0. The zero-order valence-corrected chi connectivity index (χ0v) is 19.4. The van der Waals surface area contributed by atoms with Gasteiger partial charge in [0.05, 0.1) is 13.7 Å². The lowest BCUT2D eigenvalue weighted by Crippen LogP contribution is -2.64. The molecule has 4 heteroatoms. The Kier molecular flexibility index (Phi) is 6.77. The molecule has 0 aromatic heterocycles. The van der Waals surface area contributed by atoms with E-state index in [2.05, 4.69) is 76.9 Å². The van der Waals surface area contributed by atoms with Crippen LogP contribution in [-0.4, -0.2) is 42.3 Å². The van der Waals surface area contributed by atoms with E-state index in [0.717, 1.165) is 23.4 Å². The maximum absolute atomic E-state index is 9.63. The molecule has 3 aromatic rings. The van der Waals surface area contributed by atoms with Gasteiger partial charge in [-0.25, -0.2) is 0 Å². The maximum atomic E-state index is 9.63. The average Bonchev–Trinajstić information content (AvgIpc) is 2.90. The standard InChI is InChI=1S/C29H34N2O2/c1-33-26-13-12-21(20-32)18-25(26)19-30-28-24-14-16-31(17-15-24)29(28)27(22-8-4-2-5-9-22)23-10-6-3-7-11-23/h2-13,18,24,27-30,32H,14-17,19-20H2,1H3/t28-,29+/m1/s1. The number of aliphatic hydroxyl groups is 1. The van der Waals surface area contributed by atoms with E-state index in [1.54, 1.807) is 7.11 Å². The van der Waals surface area contributed by atoms with Gasteiger partial charge in [0, 0.05) is 30.1 Å². The minimum Gasteiger partial charge on any atom is -0.496 e. The number of ether oxygens (including phenoxy) is 1. The van der Waals surface area contributed by atoms with Gasteiger partial charge < -0.3 is 15.2 Å². The molecule has 3 saturated heterocycles. The fourth-order valence-corrected chi connectivity index (χ4v) is 5.99. The minimum absolute atomic E-state index is 0.0452. The highest BCUT2D eigenvalue weighted by atomic mass is 16.5. The first-order valence-electron chi connectivity index (χ1n) is 12.1. The van der Waals surface area contributed by atoms with Crippen LogP contribution in [0.25, 0.3) is 0 Å². The van der Waals surface area contributed by atoms with Crippen molar-refractivity contribution in [1.82, 2.24) is 10.2 Å². The van der Waals surface area contributed by atoms with Crippen LogP contribution in [0.4, 0.5) is 0 Å². The van der Waals surface area contributed by atoms with Crippen molar-refractivity contribution in [2.75, 3.05) is 20.2 Å². The first-order valence-corrected chi connectivity index (χ1v) is 12.1. The van der Waals surface area contributed by atoms with E-state index in [-0.39, 0.29) is 6.61 Å². The molecule has 172 valence electrons. The second kappa shape index (κ2) is 10.1. The maximum Gasteiger partial charge on any atom is 0.123 e. The molecule has 0 spiro atoms. The van der Waals surface area contributed by atoms with E-state index < -0.39 is 0 Å². The van der Waals surface area contributed by atoms with Crippen LogP contribution in [0.5, 0.6) is 5.75 Å². The number of rotatable bonds is 8. The molecule has 0 unspecified atom stereocenters. The van der Waals surface area contributed by atoms with Gasteiger partial charge in [-0.15, -0.1) is 0 Å². The molecule has 3 aliphatic rings. The average molecular weight is 443 g/mol. The van der Waals surface area contributed by atoms with Gasteiger partial charge in [0.15, 0.2) is 0 Å². The summed E-state index contributed by atoms with van der Waals surface area (Å²) in [6.07, 6.45) is 2.50. The summed E-state index contributed by atoms with van der Waals surface area (Å²) in [6.45, 7) is 3.13. The van der Waals surface area contributed by atoms with Crippen LogP contribution < -0.4 is 10.1 Å². The third-order valence-corrected chi connectivity index (χ3v) is 7.59. The van der Waals surface area contributed by atoms with E-state index in [9.17, 15) is 5.11 Å². The fraction of sp³-hybridized carbons (Fsp3) is 0.379. The Labute approximate surface area is 197 Å². The van der Waals surface area contributed by atoms with Crippen molar-refractivity contribution in [2.45, 2.75) is 44.0 Å². The van der Waals surface area contributed by atoms with Gasteiger partial charge in [0.2, 0.25) is 0 Å². The lowest BCUT2D eigenvalue weighted by atomic mass is 9.70. The number of benzene rings is 3. The molecule has 2 bridgehead atoms. The number of piperidine rings is 3. The highest BCUT2D eigenvalue weighted by Crippen LogP contribution is 2.42. The molecule has 0 aliphatic carbocycles. The SMILES string of the molecule is COc1ccc(CO)cc1CN[C@@H]1C2CCN(CC2)[C@H]1C(c1ccccc1)c1ccccc1. The number of nitrogens with zero attached hydrogens (tertiary/aromatic N) is 1. The van der Waals surface area contributed by atoms with E-state index in [1.165, 1.54) is 37.1 Å². The van der Waals surface area contributed by atoms with Crippen molar-refractivity contribution in [1.29, 1.82) is 0 Å². The lowest BCUT2D eigenvalue weighted by molar-refractivity contribution is 0.00462. The first kappa shape index (κ1) is 22.1. The molecular weight excluding hydrogens is 408 g/mol. The molecular formula is C29H34N2O2. The van der Waals surface area contributed by atoms with Gasteiger partial charge >= 0.3 is 0 Å². The van der Waals surface area contributed by atoms with Gasteiger partial charge in [-0.3, -0.25) is 4.90 Å². The molecule has 0 amide bonds. The van der Waals surface area contributed by atoms with Crippen LogP contribution in [0.3, 0.4) is 0 Å². The van der Waals surface area contributed by atoms with Gasteiger partial charge in [-0.05, 0) is 60.7 Å². The summed E-state index contributed by atoms with van der Waals surface area (Å²) in [6, 6.07) is 28.7. The molecule has 3 aliphatic heterocycles. The summed E-state index contributed by atoms with van der Waals surface area (Å²) in [5.41, 5.74) is 4.79. The van der Waals surface area contributed by atoms with Crippen LogP contribution in [0, 0.1) is 5.92 Å². The van der Waals surface area contributed by atoms with Gasteiger partial charge in [0.25, 0.3) is 0 Å². The molecule has 2 atom stereocenters. The molecule has 6 rings (SSSR count). The van der Waals surface area contributed by atoms with Crippen molar-refractivity contribution in [3.8, 4) is 5.75 Å². The van der Waals surface area contributed by atoms with E-state index in [1.807, 2.05) is 12.1 Å². The van der Waals surface area contributed by atoms with Crippen LogP contribution in [0.1, 0.15) is 41.0 Å². The number of aliphatic hydroxyl groups excluding tert-OH is 1. The largest absolute Gasteiger partial charge is 0.496 e. The topological polar surface area (TPSA) is 44.7 Å². The third-order valence-electron chi connectivity index (χ3n) is 7.59. The molecule has 0 radical (unpaired) electrons. The van der Waals surface area contributed by atoms with Gasteiger partial charge in [-0.2, -0.15) is 0 Å². The monoisotopic (exact) mass is 442 g/mol. The van der Waals surface area contributed by atoms with Crippen molar-refractivity contribution in [2.24, 2.45) is 5.92 Å². The zero-order chi connectivity index (χ0) is 22.6. The summed E-state index contributed by atoms with van der Waals surface area (Å²) in [5.74, 6) is 1.86. The van der Waals surface area contributed by atoms with Crippen LogP contribution in [0.2, 0.25) is 0 Å². The molecule has 3 heterocycles. The number of methoxy groups -OCH3 is 1. The van der Waals surface area contributed by atoms with E-state index in [0.29, 0.717) is 23.9 Å². The predicted octanol–water partition coefficient (Wildman–Crippen LogP) is 4.57. The Bertz CT molecular complexity index is 993. The molecule has 0 saturated carbocycles. The molecule has 4 nitrogen and oxygen atoms in total. The van der Waals surface area contributed by atoms with Gasteiger partial charge in [0.1, 0.15) is 5.75 Å². The molecule has 33 heavy (non-hydrogen) atoms. The number of hydrogen-bond acceptors (Lipinski definition) is 4. The molecule has 2 N–H and O–H groups in total. The van der Waals surface area contributed by atoms with Crippen molar-refractivity contribution in [3.05, 3.63) is 101 Å². The van der Waals surface area contributed by atoms with Crippen molar-refractivity contribution < 1.29 is 9.84 Å². The summed E-state index contributed by atoms with van der Waals surface area (Å²) in [5, 5.41) is 13.6. The van der Waals surface area contributed by atoms with Crippen LogP contribution in [0.15, 0.2) is 78.9 Å². The van der Waals surface area contributed by atoms with Crippen molar-refractivity contribution >= 4 is 0 Å². The third kappa shape index (κ3) is 4.56. The molecule has 3 fully saturated rings. The Balaban J connectivity index is 1.48. The second-order valence-corrected chi connectivity index (χ2v) is 9.37. The number of nitrogens with one attached hydrogen (secondary N) is 1. The lowest BCUT2D eigenvalue weighted by Gasteiger charge is -2.54.